The highest BCUT2D eigenvalue weighted by Gasteiger charge is 1.75. The number of nitriles is 1. The van der Waals surface area contributed by atoms with Crippen LogP contribution >= 0.6 is 0 Å². The summed E-state index contributed by atoms with van der Waals surface area (Å²) in [5.41, 5.74) is 0. The highest BCUT2D eigenvalue weighted by molar-refractivity contribution is 4.97. The van der Waals surface area contributed by atoms with E-state index in [0.29, 0.717) is 4.85 Å². The lowest BCUT2D eigenvalue weighted by Gasteiger charge is -1.80. The molecule has 22 heavy (non-hydrogen) atoms. The van der Waals surface area contributed by atoms with Crippen LogP contribution in [0, 0.1) is 11.5 Å². The van der Waals surface area contributed by atoms with Crippen LogP contribution in [0.15, 0.2) is 102 Å². The first kappa shape index (κ1) is 16.7. The van der Waals surface area contributed by atoms with Crippen LogP contribution in [0.5, 0.6) is 0 Å². The molecule has 0 atom stereocenters. The summed E-state index contributed by atoms with van der Waals surface area (Å²) in [7, 11) is 0. The summed E-state index contributed by atoms with van der Waals surface area (Å²) in [5.74, 6) is 0. The Kier molecular flexibility index (Phi) is 9.57. The van der Waals surface area contributed by atoms with Gasteiger partial charge in [0.15, 0.2) is 0 Å². The van der Waals surface area contributed by atoms with E-state index in [-0.39, 0.29) is 0 Å². The van der Waals surface area contributed by atoms with Gasteiger partial charge in [0.2, 0.25) is 6.19 Å². The average Bonchev–Trinajstić information content (AvgIpc) is 2.54. The third-order valence-electron chi connectivity index (χ3n) is 2.05. The number of aromatic nitrogens is 3. The van der Waals surface area contributed by atoms with Crippen LogP contribution in [0.1, 0.15) is 0 Å². The molecule has 0 N–H and O–H groups in total. The van der Waals surface area contributed by atoms with E-state index in [0.717, 1.165) is 0 Å². The van der Waals surface area contributed by atoms with E-state index in [1.165, 1.54) is 12.5 Å². The molecule has 0 aliphatic carbocycles. The first-order chi connectivity index (χ1) is 10.9. The molecule has 0 bridgehead atoms. The minimum atomic E-state index is 0.694. The summed E-state index contributed by atoms with van der Waals surface area (Å²) in [6.07, 6.45) is 4.50. The first-order valence-electron chi connectivity index (χ1n) is 6.52. The quantitative estimate of drug-likeness (QED) is 0.731. The summed E-state index contributed by atoms with van der Waals surface area (Å²) in [4.78, 5) is 0.694. The van der Waals surface area contributed by atoms with Crippen molar-refractivity contribution in [2.75, 3.05) is 0 Å². The molecule has 0 aliphatic heterocycles. The Bertz CT molecular complexity index is 647. The van der Waals surface area contributed by atoms with Gasteiger partial charge in [0.05, 0.1) is 6.20 Å². The summed E-state index contributed by atoms with van der Waals surface area (Å²) >= 11 is 0. The molecule has 1 aromatic rings. The number of nitrogens with zero attached hydrogens (tertiary/aromatic N) is 4. The molecule has 0 aliphatic rings. The van der Waals surface area contributed by atoms with Gasteiger partial charge in [-0.1, -0.05) is 72.8 Å². The van der Waals surface area contributed by atoms with Crippen molar-refractivity contribution in [3.63, 3.8) is 0 Å². The lowest BCUT2D eigenvalue weighted by Crippen LogP contribution is -1.92. The number of hydrogen-bond acceptors (Lipinski definition) is 4. The maximum absolute atomic E-state index is 8.78. The Morgan fingerprint density at radius 2 is 1.14 bits per heavy atom. The summed E-state index contributed by atoms with van der Waals surface area (Å²) < 4.78 is 4.94. The molecule has 0 fully saturated rings. The fourth-order valence-electron chi connectivity index (χ4n) is 1.14. The van der Waals surface area contributed by atoms with Gasteiger partial charge in [0.1, 0.15) is 6.26 Å². The minimum absolute atomic E-state index is 0.694. The SMILES string of the molecule is N#Cn1nncccccccccccccccco1. The maximum Gasteiger partial charge on any atom is 0.243 e. The minimum Gasteiger partial charge on any atom is -0.355 e. The van der Waals surface area contributed by atoms with Crippen LogP contribution in [0.3, 0.4) is 0 Å². The Morgan fingerprint density at radius 1 is 0.682 bits per heavy atom. The van der Waals surface area contributed by atoms with Gasteiger partial charge in [0.25, 0.3) is 0 Å². The third kappa shape index (κ3) is 9.53. The second kappa shape index (κ2) is 12.6. The second-order valence-corrected chi connectivity index (χ2v) is 3.66. The smallest absolute Gasteiger partial charge is 0.243 e. The van der Waals surface area contributed by atoms with Gasteiger partial charge < -0.3 is 4.52 Å². The van der Waals surface area contributed by atoms with Crippen LogP contribution in [0.25, 0.3) is 0 Å². The molecule has 1 aromatic heterocycles. The molecular formula is C17H16N4O. The zero-order valence-corrected chi connectivity index (χ0v) is 11.9. The van der Waals surface area contributed by atoms with E-state index in [4.69, 9.17) is 9.78 Å². The summed E-state index contributed by atoms with van der Waals surface area (Å²) in [6, 6.07) is 25.9. The molecular weight excluding hydrogens is 276 g/mol. The predicted molar refractivity (Wildman–Crippen MR) is 83.8 cm³/mol. The van der Waals surface area contributed by atoms with E-state index in [9.17, 15) is 0 Å². The maximum atomic E-state index is 8.78. The molecule has 0 unspecified atom stereocenters. The zero-order valence-electron chi connectivity index (χ0n) is 11.9. The van der Waals surface area contributed by atoms with Gasteiger partial charge in [-0.05, 0) is 22.2 Å². The van der Waals surface area contributed by atoms with Crippen molar-refractivity contribution in [2.45, 2.75) is 0 Å². The molecule has 0 spiro atoms. The van der Waals surface area contributed by atoms with Gasteiger partial charge >= 0.3 is 0 Å². The number of hydrogen-bond donors (Lipinski definition) is 0. The fraction of sp³-hybridized carbons (Fsp3) is 0. The van der Waals surface area contributed by atoms with E-state index >= 15 is 0 Å². The highest BCUT2D eigenvalue weighted by atomic mass is 16.5. The van der Waals surface area contributed by atoms with Crippen LogP contribution in [0.2, 0.25) is 0 Å². The summed E-state index contributed by atoms with van der Waals surface area (Å²) in [5, 5.41) is 16.0. The lowest BCUT2D eigenvalue weighted by molar-refractivity contribution is 0.283. The monoisotopic (exact) mass is 292 g/mol. The van der Waals surface area contributed by atoms with Gasteiger partial charge in [-0.3, -0.25) is 0 Å². The fourth-order valence-corrected chi connectivity index (χ4v) is 1.14. The van der Waals surface area contributed by atoms with Gasteiger partial charge in [-0.25, -0.2) is 0 Å². The van der Waals surface area contributed by atoms with Gasteiger partial charge in [-0.2, -0.15) is 5.26 Å². The van der Waals surface area contributed by atoms with Crippen molar-refractivity contribution >= 4 is 0 Å². The van der Waals surface area contributed by atoms with E-state index in [1.54, 1.807) is 30.5 Å². The molecule has 110 valence electrons. The average molecular weight is 292 g/mol. The molecule has 5 heteroatoms. The Balaban J connectivity index is 3.18. The highest BCUT2D eigenvalue weighted by Crippen LogP contribution is 1.79. The molecule has 0 saturated heterocycles. The molecule has 0 aromatic carbocycles. The van der Waals surface area contributed by atoms with Crippen LogP contribution < -0.4 is 0 Å². The number of rotatable bonds is 0. The van der Waals surface area contributed by atoms with Crippen LogP contribution in [-0.2, 0) is 0 Å². The van der Waals surface area contributed by atoms with Crippen molar-refractivity contribution in [1.29, 1.82) is 5.26 Å². The standard InChI is InChI=1S/C17H16N4O/c18-17-21-20-19-15-13-11-9-7-5-3-1-2-4-6-8-10-12-14-16-22-21/h1-16H. The predicted octanol–water partition coefficient (Wildman–Crippen LogP) is 3.70. The molecule has 0 radical (unpaired) electrons. The molecule has 1 rings (SSSR count). The van der Waals surface area contributed by atoms with Gasteiger partial charge in [-0.15, -0.1) is 5.10 Å². The second-order valence-electron chi connectivity index (χ2n) is 3.66. The first-order valence-corrected chi connectivity index (χ1v) is 6.52. The van der Waals surface area contributed by atoms with Crippen LogP contribution in [0.4, 0.5) is 0 Å². The van der Waals surface area contributed by atoms with Crippen molar-refractivity contribution < 1.29 is 4.52 Å². The van der Waals surface area contributed by atoms with Crippen molar-refractivity contribution in [3.8, 4) is 6.19 Å². The third-order valence-corrected chi connectivity index (χ3v) is 2.05. The van der Waals surface area contributed by atoms with E-state index in [1.807, 2.05) is 60.7 Å². The van der Waals surface area contributed by atoms with E-state index < -0.39 is 0 Å². The molecule has 0 amide bonds. The van der Waals surface area contributed by atoms with Gasteiger partial charge in [0, 0.05) is 0 Å². The molecule has 5 nitrogen and oxygen atoms in total. The van der Waals surface area contributed by atoms with Crippen LogP contribution in [-0.4, -0.2) is 15.2 Å². The normalized spacial score (nSPS) is 7.95. The van der Waals surface area contributed by atoms with Crippen molar-refractivity contribution in [1.82, 2.24) is 15.2 Å². The Morgan fingerprint density at radius 3 is 1.64 bits per heavy atom. The molecule has 0 saturated carbocycles. The van der Waals surface area contributed by atoms with E-state index in [2.05, 4.69) is 10.3 Å². The largest absolute Gasteiger partial charge is 0.355 e. The Hall–Kier alpha value is -3.39. The van der Waals surface area contributed by atoms with Crippen molar-refractivity contribution in [2.24, 2.45) is 0 Å². The zero-order chi connectivity index (χ0) is 15.7. The lowest BCUT2D eigenvalue weighted by atomic mass is 10.4. The Labute approximate surface area is 129 Å². The molecule has 1 heterocycles. The summed E-state index contributed by atoms with van der Waals surface area (Å²) in [6.45, 7) is 0. The van der Waals surface area contributed by atoms with Crippen molar-refractivity contribution in [3.05, 3.63) is 97.4 Å². The topological polar surface area (TPSA) is 67.6 Å².